The largest absolute Gasteiger partial charge is 0.508 e. The van der Waals surface area contributed by atoms with Gasteiger partial charge in [-0.25, -0.2) is 12.8 Å². The number of sulfone groups is 1. The maximum Gasteiger partial charge on any atom is 0.236 e. The molecule has 1 atom stereocenters. The van der Waals surface area contributed by atoms with Crippen LogP contribution in [0.15, 0.2) is 47.4 Å². The molecule has 0 spiro atoms. The molecule has 0 aliphatic heterocycles. The summed E-state index contributed by atoms with van der Waals surface area (Å²) in [6, 6.07) is 8.54. The number of hydrogen-bond acceptors (Lipinski definition) is 5. The molecule has 0 aromatic heterocycles. The van der Waals surface area contributed by atoms with Crippen molar-refractivity contribution in [2.24, 2.45) is 5.73 Å². The second-order valence-corrected chi connectivity index (χ2v) is 8.10. The minimum atomic E-state index is -3.41. The molecule has 0 bridgehead atoms. The van der Waals surface area contributed by atoms with Crippen LogP contribution in [0.3, 0.4) is 0 Å². The topological polar surface area (TPSA) is 115 Å². The highest BCUT2D eigenvalue weighted by molar-refractivity contribution is 7.90. The van der Waals surface area contributed by atoms with Gasteiger partial charge in [-0.2, -0.15) is 0 Å². The summed E-state index contributed by atoms with van der Waals surface area (Å²) in [6.07, 6.45) is 0.773. The monoisotopic (exact) mass is 379 g/mol. The molecule has 0 fully saturated rings. The van der Waals surface area contributed by atoms with Crippen LogP contribution in [0.1, 0.15) is 18.1 Å². The maximum absolute atomic E-state index is 14.4. The van der Waals surface area contributed by atoms with Crippen molar-refractivity contribution in [2.75, 3.05) is 6.26 Å². The second-order valence-electron chi connectivity index (χ2n) is 6.08. The summed E-state index contributed by atoms with van der Waals surface area (Å²) in [5.41, 5.74) is 3.52. The normalized spacial score (nSPS) is 13.8. The van der Waals surface area contributed by atoms with Crippen LogP contribution in [-0.2, 0) is 31.3 Å². The van der Waals surface area contributed by atoms with Gasteiger partial charge in [0.1, 0.15) is 22.8 Å². The number of aromatic hydroxyl groups is 1. The number of benzene rings is 2. The van der Waals surface area contributed by atoms with Crippen LogP contribution < -0.4 is 5.73 Å². The first kappa shape index (κ1) is 19.6. The Morgan fingerprint density at radius 1 is 1.15 bits per heavy atom. The zero-order valence-corrected chi connectivity index (χ0v) is 15.0. The number of nitrogens with two attached hydrogens (primary N) is 1. The maximum atomic E-state index is 14.4. The molecule has 1 amide bonds. The number of rotatable bonds is 6. The molecule has 138 valence electrons. The van der Waals surface area contributed by atoms with Crippen LogP contribution >= 0.6 is 0 Å². The lowest BCUT2D eigenvalue weighted by atomic mass is 9.71. The molecule has 0 radical (unpaired) electrons. The van der Waals surface area contributed by atoms with Crippen LogP contribution in [-0.4, -0.2) is 31.5 Å². The fourth-order valence-electron chi connectivity index (χ4n) is 2.80. The molecule has 0 saturated heterocycles. The minimum absolute atomic E-state index is 0.0669. The number of primary amides is 1. The first-order valence-corrected chi connectivity index (χ1v) is 9.46. The van der Waals surface area contributed by atoms with E-state index in [0.717, 1.165) is 31.4 Å². The third kappa shape index (κ3) is 3.60. The van der Waals surface area contributed by atoms with Crippen molar-refractivity contribution >= 4 is 21.5 Å². The molecular formula is C18H18FNO5S. The summed E-state index contributed by atoms with van der Waals surface area (Å²) < 4.78 is 37.4. The van der Waals surface area contributed by atoms with E-state index < -0.39 is 32.8 Å². The Morgan fingerprint density at radius 3 is 2.19 bits per heavy atom. The average Bonchev–Trinajstić information content (AvgIpc) is 2.54. The summed E-state index contributed by atoms with van der Waals surface area (Å²) in [5, 5.41) is 9.66. The number of amides is 1. The van der Waals surface area contributed by atoms with Crippen molar-refractivity contribution in [1.82, 2.24) is 0 Å². The van der Waals surface area contributed by atoms with E-state index in [2.05, 4.69) is 0 Å². The third-order valence-corrected chi connectivity index (χ3v) is 5.38. The first-order valence-electron chi connectivity index (χ1n) is 7.57. The molecule has 0 aliphatic carbocycles. The van der Waals surface area contributed by atoms with E-state index >= 15 is 0 Å². The van der Waals surface area contributed by atoms with Gasteiger partial charge >= 0.3 is 0 Å². The number of phenols is 1. The van der Waals surface area contributed by atoms with Crippen LogP contribution in [0, 0.1) is 5.82 Å². The van der Waals surface area contributed by atoms with Gasteiger partial charge < -0.3 is 10.8 Å². The number of hydrogen-bond donors (Lipinski definition) is 2. The Labute approximate surface area is 150 Å². The molecule has 0 saturated carbocycles. The number of phenolic OH excluding ortho intramolecular Hbond substituents is 1. The fraction of sp³-hybridized carbons (Fsp3) is 0.222. The zero-order chi connectivity index (χ0) is 19.7. The van der Waals surface area contributed by atoms with Crippen LogP contribution in [0.2, 0.25) is 0 Å². The minimum Gasteiger partial charge on any atom is -0.508 e. The fourth-order valence-corrected chi connectivity index (χ4v) is 3.43. The predicted octanol–water partition coefficient (Wildman–Crippen LogP) is 1.49. The third-order valence-electron chi connectivity index (χ3n) is 4.25. The average molecular weight is 379 g/mol. The van der Waals surface area contributed by atoms with Gasteiger partial charge in [-0.15, -0.1) is 0 Å². The van der Waals surface area contributed by atoms with Gasteiger partial charge in [0.05, 0.1) is 4.90 Å². The van der Waals surface area contributed by atoms with E-state index in [4.69, 9.17) is 5.73 Å². The summed E-state index contributed by atoms with van der Waals surface area (Å²) in [4.78, 5) is 24.6. The van der Waals surface area contributed by atoms with Gasteiger partial charge in [-0.1, -0.05) is 12.1 Å². The molecule has 26 heavy (non-hydrogen) atoms. The number of carbonyl (C=O) groups excluding carboxylic acids is 2. The van der Waals surface area contributed by atoms with Gasteiger partial charge in [0.2, 0.25) is 5.91 Å². The lowest BCUT2D eigenvalue weighted by Crippen LogP contribution is -2.49. The lowest BCUT2D eigenvalue weighted by Gasteiger charge is -2.29. The second kappa shape index (κ2) is 6.87. The number of carbonyl (C=O) groups is 2. The Hall–Kier alpha value is -2.74. The number of halogens is 1. The van der Waals surface area contributed by atoms with Gasteiger partial charge in [0.15, 0.2) is 9.84 Å². The Morgan fingerprint density at radius 2 is 1.73 bits per heavy atom. The Balaban J connectivity index is 2.61. The quantitative estimate of drug-likeness (QED) is 0.738. The van der Waals surface area contributed by atoms with Crippen molar-refractivity contribution in [2.45, 2.75) is 23.7 Å². The summed E-state index contributed by atoms with van der Waals surface area (Å²) in [7, 11) is -3.41. The van der Waals surface area contributed by atoms with E-state index in [1.54, 1.807) is 0 Å². The van der Waals surface area contributed by atoms with Crippen molar-refractivity contribution in [3.05, 3.63) is 59.4 Å². The Bertz CT molecular complexity index is 954. The number of ketones is 1. The molecule has 6 nitrogen and oxygen atoms in total. The highest BCUT2D eigenvalue weighted by atomic mass is 32.2. The summed E-state index contributed by atoms with van der Waals surface area (Å²) >= 11 is 0. The lowest BCUT2D eigenvalue weighted by molar-refractivity contribution is -0.133. The molecule has 0 aliphatic rings. The van der Waals surface area contributed by atoms with Crippen LogP contribution in [0.4, 0.5) is 4.39 Å². The van der Waals surface area contributed by atoms with Crippen molar-refractivity contribution in [3.63, 3.8) is 0 Å². The molecule has 2 aromatic rings. The first-order chi connectivity index (χ1) is 12.0. The highest BCUT2D eigenvalue weighted by Crippen LogP contribution is 2.34. The molecule has 1 unspecified atom stereocenters. The van der Waals surface area contributed by atoms with Gasteiger partial charge in [0, 0.05) is 11.8 Å². The summed E-state index contributed by atoms with van der Waals surface area (Å²) in [6.45, 7) is 1.11. The predicted molar refractivity (Wildman–Crippen MR) is 92.9 cm³/mol. The van der Waals surface area contributed by atoms with E-state index in [9.17, 15) is 27.5 Å². The van der Waals surface area contributed by atoms with E-state index in [1.165, 1.54) is 24.3 Å². The van der Waals surface area contributed by atoms with Gasteiger partial charge in [-0.3, -0.25) is 9.59 Å². The standard InChI is InChI=1S/C18H18FNO5S/c1-11(21)18(17(20)23,15-9-13(22)5-8-16(15)19)10-12-3-6-14(7-4-12)26(2,24)25/h3-9,22H,10H2,1-2H3,(H2,20,23). The summed E-state index contributed by atoms with van der Waals surface area (Å²) in [5.74, 6) is -2.94. The van der Waals surface area contributed by atoms with E-state index in [1.807, 2.05) is 0 Å². The highest BCUT2D eigenvalue weighted by Gasteiger charge is 2.45. The van der Waals surface area contributed by atoms with E-state index in [-0.39, 0.29) is 22.6 Å². The van der Waals surface area contributed by atoms with E-state index in [0.29, 0.717) is 5.56 Å². The van der Waals surface area contributed by atoms with Crippen molar-refractivity contribution in [1.29, 1.82) is 0 Å². The van der Waals surface area contributed by atoms with Gasteiger partial charge in [-0.05, 0) is 49.2 Å². The molecular weight excluding hydrogens is 361 g/mol. The Kier molecular flexibility index (Phi) is 5.18. The van der Waals surface area contributed by atoms with Crippen molar-refractivity contribution in [3.8, 4) is 5.75 Å². The molecule has 8 heteroatoms. The van der Waals surface area contributed by atoms with Crippen LogP contribution in [0.5, 0.6) is 5.75 Å². The van der Waals surface area contributed by atoms with Gasteiger partial charge in [0.25, 0.3) is 0 Å². The SMILES string of the molecule is CC(=O)C(Cc1ccc(S(C)(=O)=O)cc1)(C(N)=O)c1cc(O)ccc1F. The van der Waals surface area contributed by atoms with Crippen LogP contribution in [0.25, 0.3) is 0 Å². The zero-order valence-electron chi connectivity index (χ0n) is 14.2. The molecule has 2 aromatic carbocycles. The molecule has 0 heterocycles. The smallest absolute Gasteiger partial charge is 0.236 e. The molecule has 3 N–H and O–H groups in total. The molecule has 2 rings (SSSR count). The number of Topliss-reactive ketones (excluding diaryl/α,β-unsaturated/α-hetero) is 1. The van der Waals surface area contributed by atoms with Crippen molar-refractivity contribution < 1.29 is 27.5 Å².